The van der Waals surface area contributed by atoms with Gasteiger partial charge in [0, 0.05) is 19.4 Å². The number of likely N-dealkylation sites (tertiary alicyclic amines) is 1. The van der Waals surface area contributed by atoms with Gasteiger partial charge < -0.3 is 15.3 Å². The monoisotopic (exact) mass is 495 g/mol. The van der Waals surface area contributed by atoms with Crippen LogP contribution < -0.4 is 5.32 Å². The molecule has 2 amide bonds. The highest BCUT2D eigenvalue weighted by Gasteiger charge is 2.35. The van der Waals surface area contributed by atoms with E-state index in [1.807, 2.05) is 54.6 Å². The first-order valence-electron chi connectivity index (χ1n) is 12.4. The van der Waals surface area contributed by atoms with Gasteiger partial charge in [-0.1, -0.05) is 72.8 Å². The van der Waals surface area contributed by atoms with Crippen molar-refractivity contribution in [3.63, 3.8) is 0 Å². The Morgan fingerprint density at radius 1 is 0.973 bits per heavy atom. The van der Waals surface area contributed by atoms with Crippen LogP contribution in [0.4, 0.5) is 0 Å². The zero-order valence-corrected chi connectivity index (χ0v) is 20.5. The molecule has 2 N–H and O–H groups in total. The van der Waals surface area contributed by atoms with E-state index in [9.17, 15) is 24.8 Å². The summed E-state index contributed by atoms with van der Waals surface area (Å²) in [4.78, 5) is 39.5. The molecule has 0 bridgehead atoms. The quantitative estimate of drug-likeness (QED) is 0.467. The van der Waals surface area contributed by atoms with E-state index in [1.165, 1.54) is 0 Å². The molecule has 3 aromatic rings. The number of hydrogen-bond acceptors (Lipinski definition) is 4. The Bertz CT molecular complexity index is 1300. The lowest BCUT2D eigenvalue weighted by atomic mass is 9.97. The van der Waals surface area contributed by atoms with E-state index in [0.29, 0.717) is 37.8 Å². The van der Waals surface area contributed by atoms with Crippen LogP contribution in [0.3, 0.4) is 0 Å². The van der Waals surface area contributed by atoms with Crippen LogP contribution >= 0.6 is 0 Å². The second kappa shape index (κ2) is 12.0. The summed E-state index contributed by atoms with van der Waals surface area (Å²) < 4.78 is 0. The Labute approximate surface area is 216 Å². The summed E-state index contributed by atoms with van der Waals surface area (Å²) in [6, 6.07) is 24.7. The van der Waals surface area contributed by atoms with E-state index in [1.54, 1.807) is 29.2 Å². The third-order valence-electron chi connectivity index (χ3n) is 6.71. The molecule has 0 saturated carbocycles. The molecule has 1 aliphatic heterocycles. The van der Waals surface area contributed by atoms with Gasteiger partial charge in [-0.2, -0.15) is 5.26 Å². The molecular formula is C30H29N3O4. The third-order valence-corrected chi connectivity index (χ3v) is 6.71. The maximum Gasteiger partial charge on any atom is 0.326 e. The van der Waals surface area contributed by atoms with Crippen molar-refractivity contribution in [1.29, 1.82) is 5.26 Å². The summed E-state index contributed by atoms with van der Waals surface area (Å²) in [5.74, 6) is -1.66. The van der Waals surface area contributed by atoms with Crippen molar-refractivity contribution in [2.24, 2.45) is 0 Å². The van der Waals surface area contributed by atoms with Crippen LogP contribution in [0.15, 0.2) is 78.9 Å². The molecule has 7 nitrogen and oxygen atoms in total. The SMILES string of the molecule is N#Cc1ccccc1-c1ccc(C[C@H](NC(=O)[C@@H]2CCCN2C(=O)CCc2ccccc2)C(=O)O)cc1. The van der Waals surface area contributed by atoms with E-state index in [4.69, 9.17) is 0 Å². The Morgan fingerprint density at radius 2 is 1.68 bits per heavy atom. The molecule has 0 spiro atoms. The number of rotatable bonds is 9. The molecule has 37 heavy (non-hydrogen) atoms. The summed E-state index contributed by atoms with van der Waals surface area (Å²) in [5, 5.41) is 21.8. The minimum atomic E-state index is -1.13. The van der Waals surface area contributed by atoms with Crippen LogP contribution in [0.5, 0.6) is 0 Å². The Kier molecular flexibility index (Phi) is 8.32. The topological polar surface area (TPSA) is 111 Å². The smallest absolute Gasteiger partial charge is 0.326 e. The number of nitrogens with zero attached hydrogens (tertiary/aromatic N) is 2. The average molecular weight is 496 g/mol. The Morgan fingerprint density at radius 3 is 2.38 bits per heavy atom. The average Bonchev–Trinajstić information content (AvgIpc) is 3.43. The highest BCUT2D eigenvalue weighted by molar-refractivity contribution is 5.91. The van der Waals surface area contributed by atoms with Gasteiger partial charge in [-0.3, -0.25) is 9.59 Å². The highest BCUT2D eigenvalue weighted by Crippen LogP contribution is 2.24. The number of aliphatic carboxylic acids is 1. The van der Waals surface area contributed by atoms with Crippen molar-refractivity contribution >= 4 is 17.8 Å². The maximum absolute atomic E-state index is 13.1. The first-order chi connectivity index (χ1) is 18.0. The van der Waals surface area contributed by atoms with Crippen LogP contribution in [-0.4, -0.2) is 46.4 Å². The normalized spacial score (nSPS) is 15.5. The first-order valence-corrected chi connectivity index (χ1v) is 12.4. The number of hydrogen-bond donors (Lipinski definition) is 2. The van der Waals surface area contributed by atoms with Crippen LogP contribution in [0.25, 0.3) is 11.1 Å². The molecule has 0 radical (unpaired) electrons. The molecular weight excluding hydrogens is 466 g/mol. The summed E-state index contributed by atoms with van der Waals surface area (Å²) in [7, 11) is 0. The summed E-state index contributed by atoms with van der Waals surface area (Å²) in [6.07, 6.45) is 2.23. The number of carboxylic acids is 1. The Hall–Kier alpha value is -4.44. The van der Waals surface area contributed by atoms with Crippen molar-refractivity contribution in [2.75, 3.05) is 6.54 Å². The molecule has 1 fully saturated rings. The first kappa shape index (κ1) is 25.6. The maximum atomic E-state index is 13.1. The predicted molar refractivity (Wildman–Crippen MR) is 139 cm³/mol. The lowest BCUT2D eigenvalue weighted by Crippen LogP contribution is -2.51. The van der Waals surface area contributed by atoms with Crippen LogP contribution in [-0.2, 0) is 27.2 Å². The molecule has 2 atom stereocenters. The largest absolute Gasteiger partial charge is 0.480 e. The standard InChI is InChI=1S/C30H29N3O4/c31-20-24-9-4-5-10-25(24)23-15-12-22(13-16-23)19-26(30(36)37)32-29(35)27-11-6-18-33(27)28(34)17-14-21-7-2-1-3-8-21/h1-5,7-10,12-13,15-16,26-27H,6,11,14,17-19H2,(H,32,35)(H,36,37)/t26-,27-/m0/s1. The summed E-state index contributed by atoms with van der Waals surface area (Å²) >= 11 is 0. The molecule has 4 rings (SSSR count). The molecule has 1 saturated heterocycles. The van der Waals surface area contributed by atoms with Crippen molar-refractivity contribution in [3.05, 3.63) is 95.6 Å². The molecule has 3 aromatic carbocycles. The minimum Gasteiger partial charge on any atom is -0.480 e. The van der Waals surface area contributed by atoms with Crippen molar-refractivity contribution in [3.8, 4) is 17.2 Å². The number of benzene rings is 3. The van der Waals surface area contributed by atoms with E-state index >= 15 is 0 Å². The van der Waals surface area contributed by atoms with Gasteiger partial charge in [-0.25, -0.2) is 4.79 Å². The number of carbonyl (C=O) groups is 3. The molecule has 0 aliphatic carbocycles. The number of carbonyl (C=O) groups excluding carboxylic acids is 2. The van der Waals surface area contributed by atoms with Crippen LogP contribution in [0.2, 0.25) is 0 Å². The van der Waals surface area contributed by atoms with Gasteiger partial charge in [0.1, 0.15) is 12.1 Å². The molecule has 1 aliphatic rings. The number of carboxylic acid groups (broad SMARTS) is 1. The zero-order valence-electron chi connectivity index (χ0n) is 20.5. The van der Waals surface area contributed by atoms with Crippen molar-refractivity contribution in [2.45, 2.75) is 44.2 Å². The van der Waals surface area contributed by atoms with Gasteiger partial charge in [0.15, 0.2) is 0 Å². The fraction of sp³-hybridized carbons (Fsp3) is 0.267. The van der Waals surface area contributed by atoms with Crippen LogP contribution in [0.1, 0.15) is 36.0 Å². The summed E-state index contributed by atoms with van der Waals surface area (Å²) in [5.41, 5.74) is 4.02. The summed E-state index contributed by atoms with van der Waals surface area (Å²) in [6.45, 7) is 0.495. The molecule has 0 unspecified atom stereocenters. The molecule has 188 valence electrons. The number of amides is 2. The van der Waals surface area contributed by atoms with E-state index < -0.39 is 24.0 Å². The van der Waals surface area contributed by atoms with E-state index in [2.05, 4.69) is 11.4 Å². The molecule has 7 heteroatoms. The Balaban J connectivity index is 1.38. The highest BCUT2D eigenvalue weighted by atomic mass is 16.4. The van der Waals surface area contributed by atoms with Gasteiger partial charge >= 0.3 is 5.97 Å². The van der Waals surface area contributed by atoms with E-state index in [0.717, 1.165) is 22.3 Å². The zero-order chi connectivity index (χ0) is 26.2. The van der Waals surface area contributed by atoms with Gasteiger partial charge in [0.05, 0.1) is 11.6 Å². The second-order valence-corrected chi connectivity index (χ2v) is 9.19. The second-order valence-electron chi connectivity index (χ2n) is 9.19. The van der Waals surface area contributed by atoms with Crippen LogP contribution in [0, 0.1) is 11.3 Å². The van der Waals surface area contributed by atoms with E-state index in [-0.39, 0.29) is 12.3 Å². The van der Waals surface area contributed by atoms with Crippen molar-refractivity contribution < 1.29 is 19.5 Å². The van der Waals surface area contributed by atoms with Gasteiger partial charge in [0.25, 0.3) is 0 Å². The van der Waals surface area contributed by atoms with Gasteiger partial charge in [-0.15, -0.1) is 0 Å². The van der Waals surface area contributed by atoms with Gasteiger partial charge in [0.2, 0.25) is 11.8 Å². The fourth-order valence-electron chi connectivity index (χ4n) is 4.73. The molecule has 0 aromatic heterocycles. The number of aryl methyl sites for hydroxylation is 1. The van der Waals surface area contributed by atoms with Crippen molar-refractivity contribution in [1.82, 2.24) is 10.2 Å². The number of nitrogens with one attached hydrogen (secondary N) is 1. The fourth-order valence-corrected chi connectivity index (χ4v) is 4.73. The minimum absolute atomic E-state index is 0.0957. The molecule has 1 heterocycles. The predicted octanol–water partition coefficient (Wildman–Crippen LogP) is 3.96. The third kappa shape index (κ3) is 6.42. The van der Waals surface area contributed by atoms with Gasteiger partial charge in [-0.05, 0) is 47.6 Å². The number of nitriles is 1. The lowest BCUT2D eigenvalue weighted by molar-refractivity contribution is -0.143. The lowest BCUT2D eigenvalue weighted by Gasteiger charge is -2.25.